The molecule has 90 valence electrons. The smallest absolute Gasteiger partial charge is 0.126 e. The minimum absolute atomic E-state index is 0.254. The van der Waals surface area contributed by atoms with E-state index in [1.807, 2.05) is 11.0 Å². The van der Waals surface area contributed by atoms with E-state index in [1.165, 1.54) is 6.07 Å². The molecule has 2 rings (SSSR count). The van der Waals surface area contributed by atoms with E-state index in [2.05, 4.69) is 6.07 Å². The third kappa shape index (κ3) is 2.63. The SMILES string of the molecule is Cc1ccc(C(C#N)N2CCOCC2)cc1F. The third-order valence-electron chi connectivity index (χ3n) is 3.04. The lowest BCUT2D eigenvalue weighted by molar-refractivity contribution is 0.0266. The molecule has 1 heterocycles. The maximum absolute atomic E-state index is 13.5. The monoisotopic (exact) mass is 234 g/mol. The molecule has 1 aromatic carbocycles. The van der Waals surface area contributed by atoms with E-state index in [-0.39, 0.29) is 11.9 Å². The number of ether oxygens (including phenoxy) is 1. The van der Waals surface area contributed by atoms with E-state index in [1.54, 1.807) is 13.0 Å². The van der Waals surface area contributed by atoms with Gasteiger partial charge in [0.15, 0.2) is 0 Å². The van der Waals surface area contributed by atoms with Gasteiger partial charge in [-0.2, -0.15) is 5.26 Å². The van der Waals surface area contributed by atoms with Crippen LogP contribution < -0.4 is 0 Å². The van der Waals surface area contributed by atoms with Crippen LogP contribution in [0.3, 0.4) is 0 Å². The Kier molecular flexibility index (Phi) is 3.72. The fourth-order valence-corrected chi connectivity index (χ4v) is 1.98. The van der Waals surface area contributed by atoms with E-state index in [0.717, 1.165) is 5.56 Å². The molecule has 3 nitrogen and oxygen atoms in total. The summed E-state index contributed by atoms with van der Waals surface area (Å²) in [6, 6.07) is 6.85. The van der Waals surface area contributed by atoms with E-state index in [0.29, 0.717) is 31.9 Å². The normalized spacial score (nSPS) is 18.6. The molecule has 0 amide bonds. The molecular weight excluding hydrogens is 219 g/mol. The molecule has 1 unspecified atom stereocenters. The Hall–Kier alpha value is -1.44. The van der Waals surface area contributed by atoms with Gasteiger partial charge in [-0.25, -0.2) is 4.39 Å². The fourth-order valence-electron chi connectivity index (χ4n) is 1.98. The molecule has 0 aliphatic carbocycles. The summed E-state index contributed by atoms with van der Waals surface area (Å²) in [7, 11) is 0. The summed E-state index contributed by atoms with van der Waals surface area (Å²) in [5.41, 5.74) is 1.32. The molecule has 0 spiro atoms. The van der Waals surface area contributed by atoms with Crippen LogP contribution in [0.4, 0.5) is 4.39 Å². The van der Waals surface area contributed by atoms with Crippen molar-refractivity contribution in [3.63, 3.8) is 0 Å². The molecular formula is C13H15FN2O. The van der Waals surface area contributed by atoms with Crippen LogP contribution in [0.1, 0.15) is 17.2 Å². The largest absolute Gasteiger partial charge is 0.379 e. The molecule has 0 aromatic heterocycles. The zero-order valence-electron chi connectivity index (χ0n) is 9.82. The second kappa shape index (κ2) is 5.26. The van der Waals surface area contributed by atoms with Crippen molar-refractivity contribution in [3.05, 3.63) is 35.1 Å². The van der Waals surface area contributed by atoms with Crippen LogP contribution in [0, 0.1) is 24.1 Å². The van der Waals surface area contributed by atoms with Gasteiger partial charge in [0.2, 0.25) is 0 Å². The van der Waals surface area contributed by atoms with Crippen molar-refractivity contribution < 1.29 is 9.13 Å². The second-order valence-electron chi connectivity index (χ2n) is 4.19. The Morgan fingerprint density at radius 3 is 2.71 bits per heavy atom. The van der Waals surface area contributed by atoms with Crippen molar-refractivity contribution in [1.82, 2.24) is 4.90 Å². The van der Waals surface area contributed by atoms with Gasteiger partial charge in [-0.05, 0) is 24.1 Å². The number of morpholine rings is 1. The predicted octanol–water partition coefficient (Wildman–Crippen LogP) is 2.03. The number of rotatable bonds is 2. The molecule has 0 saturated carbocycles. The molecule has 1 fully saturated rings. The standard InChI is InChI=1S/C13H15FN2O/c1-10-2-3-11(8-12(10)14)13(9-15)16-4-6-17-7-5-16/h2-3,8,13H,4-7H2,1H3. The first kappa shape index (κ1) is 12.0. The van der Waals surface area contributed by atoms with Crippen LogP contribution in [0.2, 0.25) is 0 Å². The highest BCUT2D eigenvalue weighted by Crippen LogP contribution is 2.22. The molecule has 0 radical (unpaired) electrons. The van der Waals surface area contributed by atoms with Gasteiger partial charge in [-0.1, -0.05) is 12.1 Å². The molecule has 1 aromatic rings. The van der Waals surface area contributed by atoms with Gasteiger partial charge in [0, 0.05) is 13.1 Å². The summed E-state index contributed by atoms with van der Waals surface area (Å²) in [6.07, 6.45) is 0. The van der Waals surface area contributed by atoms with Crippen molar-refractivity contribution in [2.75, 3.05) is 26.3 Å². The van der Waals surface area contributed by atoms with Crippen LogP contribution in [0.25, 0.3) is 0 Å². The zero-order valence-corrected chi connectivity index (χ0v) is 9.82. The van der Waals surface area contributed by atoms with Gasteiger partial charge >= 0.3 is 0 Å². The number of benzene rings is 1. The van der Waals surface area contributed by atoms with E-state index in [4.69, 9.17) is 4.74 Å². The van der Waals surface area contributed by atoms with Gasteiger partial charge in [-0.3, -0.25) is 4.90 Å². The zero-order chi connectivity index (χ0) is 12.3. The number of halogens is 1. The van der Waals surface area contributed by atoms with Crippen LogP contribution >= 0.6 is 0 Å². The molecule has 4 heteroatoms. The molecule has 1 atom stereocenters. The van der Waals surface area contributed by atoms with Crippen molar-refractivity contribution in [2.24, 2.45) is 0 Å². The highest BCUT2D eigenvalue weighted by molar-refractivity contribution is 5.29. The molecule has 0 N–H and O–H groups in total. The van der Waals surface area contributed by atoms with Gasteiger partial charge < -0.3 is 4.74 Å². The average molecular weight is 234 g/mol. The molecule has 17 heavy (non-hydrogen) atoms. The lowest BCUT2D eigenvalue weighted by Gasteiger charge is -2.30. The number of hydrogen-bond donors (Lipinski definition) is 0. The van der Waals surface area contributed by atoms with Crippen molar-refractivity contribution >= 4 is 0 Å². The third-order valence-corrected chi connectivity index (χ3v) is 3.04. The minimum atomic E-state index is -0.381. The first-order valence-corrected chi connectivity index (χ1v) is 5.70. The Bertz CT molecular complexity index is 436. The maximum atomic E-state index is 13.5. The van der Waals surface area contributed by atoms with E-state index < -0.39 is 0 Å². The van der Waals surface area contributed by atoms with Gasteiger partial charge in [-0.15, -0.1) is 0 Å². The minimum Gasteiger partial charge on any atom is -0.379 e. The first-order valence-electron chi connectivity index (χ1n) is 5.70. The van der Waals surface area contributed by atoms with Gasteiger partial charge in [0.05, 0.1) is 19.3 Å². The molecule has 1 aliphatic heterocycles. The van der Waals surface area contributed by atoms with Crippen molar-refractivity contribution in [3.8, 4) is 6.07 Å². The van der Waals surface area contributed by atoms with E-state index in [9.17, 15) is 9.65 Å². The fraction of sp³-hybridized carbons (Fsp3) is 0.462. The van der Waals surface area contributed by atoms with Crippen LogP contribution in [0.5, 0.6) is 0 Å². The van der Waals surface area contributed by atoms with Gasteiger partial charge in [0.25, 0.3) is 0 Å². The quantitative estimate of drug-likeness (QED) is 0.785. The number of hydrogen-bond acceptors (Lipinski definition) is 3. The Labute approximate surface area is 100 Å². The predicted molar refractivity (Wildman–Crippen MR) is 61.9 cm³/mol. The molecule has 0 bridgehead atoms. The Balaban J connectivity index is 2.22. The maximum Gasteiger partial charge on any atom is 0.126 e. The Morgan fingerprint density at radius 1 is 1.41 bits per heavy atom. The molecule has 1 aliphatic rings. The second-order valence-corrected chi connectivity index (χ2v) is 4.19. The number of nitriles is 1. The summed E-state index contributed by atoms with van der Waals surface area (Å²) < 4.78 is 18.7. The average Bonchev–Trinajstić information content (AvgIpc) is 2.36. The lowest BCUT2D eigenvalue weighted by atomic mass is 10.0. The van der Waals surface area contributed by atoms with Crippen molar-refractivity contribution in [1.29, 1.82) is 5.26 Å². The van der Waals surface area contributed by atoms with Gasteiger partial charge in [0.1, 0.15) is 11.9 Å². The van der Waals surface area contributed by atoms with E-state index >= 15 is 0 Å². The Morgan fingerprint density at radius 2 is 2.12 bits per heavy atom. The van der Waals surface area contributed by atoms with Crippen molar-refractivity contribution in [2.45, 2.75) is 13.0 Å². The number of aryl methyl sites for hydroxylation is 1. The topological polar surface area (TPSA) is 36.3 Å². The summed E-state index contributed by atoms with van der Waals surface area (Å²) in [5.74, 6) is -0.254. The summed E-state index contributed by atoms with van der Waals surface area (Å²) in [6.45, 7) is 4.41. The summed E-state index contributed by atoms with van der Waals surface area (Å²) in [5, 5.41) is 9.24. The highest BCUT2D eigenvalue weighted by Gasteiger charge is 2.22. The highest BCUT2D eigenvalue weighted by atomic mass is 19.1. The lowest BCUT2D eigenvalue weighted by Crippen LogP contribution is -2.38. The van der Waals surface area contributed by atoms with Crippen LogP contribution in [0.15, 0.2) is 18.2 Å². The van der Waals surface area contributed by atoms with Crippen LogP contribution in [-0.4, -0.2) is 31.2 Å². The first-order chi connectivity index (χ1) is 8.22. The summed E-state index contributed by atoms with van der Waals surface area (Å²) >= 11 is 0. The number of nitrogens with zero attached hydrogens (tertiary/aromatic N) is 2. The van der Waals surface area contributed by atoms with Crippen LogP contribution in [-0.2, 0) is 4.74 Å². The summed E-state index contributed by atoms with van der Waals surface area (Å²) in [4.78, 5) is 2.02. The molecule has 1 saturated heterocycles.